The van der Waals surface area contributed by atoms with Gasteiger partial charge in [-0.05, 0) is 26.0 Å². The van der Waals surface area contributed by atoms with E-state index in [4.69, 9.17) is 0 Å². The van der Waals surface area contributed by atoms with Gasteiger partial charge < -0.3 is 10.4 Å². The van der Waals surface area contributed by atoms with E-state index in [1.807, 2.05) is 38.3 Å². The van der Waals surface area contributed by atoms with Crippen LogP contribution < -0.4 is 5.32 Å². The van der Waals surface area contributed by atoms with Gasteiger partial charge in [0.15, 0.2) is 0 Å². The van der Waals surface area contributed by atoms with Gasteiger partial charge in [0.25, 0.3) is 0 Å². The van der Waals surface area contributed by atoms with Crippen molar-refractivity contribution in [1.29, 1.82) is 0 Å². The molecule has 1 aliphatic heterocycles. The molecule has 3 nitrogen and oxygen atoms in total. The summed E-state index contributed by atoms with van der Waals surface area (Å²) in [7, 11) is 1.95. The summed E-state index contributed by atoms with van der Waals surface area (Å²) in [5, 5.41) is 12.8. The van der Waals surface area contributed by atoms with Crippen LogP contribution in [0.2, 0.25) is 0 Å². The summed E-state index contributed by atoms with van der Waals surface area (Å²) < 4.78 is 0. The van der Waals surface area contributed by atoms with Crippen molar-refractivity contribution >= 4 is 0 Å². The van der Waals surface area contributed by atoms with Crippen LogP contribution in [0, 0.1) is 0 Å². The number of β-amino-alcohol motifs (C(OH)–C–C–N with tert-alkyl or cyclic N) is 1. The summed E-state index contributed by atoms with van der Waals surface area (Å²) >= 11 is 0. The second kappa shape index (κ2) is 7.43. The zero-order chi connectivity index (χ0) is 12.7. The molecule has 0 unspecified atom stereocenters. The predicted molar refractivity (Wildman–Crippen MR) is 73.0 cm³/mol. The molecule has 2 N–H and O–H groups in total. The van der Waals surface area contributed by atoms with Crippen molar-refractivity contribution in [2.75, 3.05) is 26.7 Å². The maximum absolute atomic E-state index is 9.49. The van der Waals surface area contributed by atoms with Gasteiger partial charge >= 0.3 is 0 Å². The van der Waals surface area contributed by atoms with E-state index < -0.39 is 0 Å². The molecule has 2 atom stereocenters. The average Bonchev–Trinajstić information content (AvgIpc) is 2.72. The van der Waals surface area contributed by atoms with Crippen LogP contribution in [-0.4, -0.2) is 48.8 Å². The Labute approximate surface area is 105 Å². The number of hydrogen-bond donors (Lipinski definition) is 2. The Kier molecular flexibility index (Phi) is 6.19. The SMILES string of the molecule is C=C(/C=C\C=C/C)[C@@H](CN1CC[C@@H](O)C1)NC. The molecule has 0 aromatic rings. The fraction of sp³-hybridized carbons (Fsp3) is 0.571. The summed E-state index contributed by atoms with van der Waals surface area (Å²) in [4.78, 5) is 2.28. The van der Waals surface area contributed by atoms with Crippen LogP contribution in [0.1, 0.15) is 13.3 Å². The van der Waals surface area contributed by atoms with Crippen LogP contribution in [0.15, 0.2) is 36.5 Å². The van der Waals surface area contributed by atoms with E-state index in [1.165, 1.54) is 0 Å². The smallest absolute Gasteiger partial charge is 0.0679 e. The van der Waals surface area contributed by atoms with Crippen LogP contribution in [0.3, 0.4) is 0 Å². The quantitative estimate of drug-likeness (QED) is 0.683. The number of aliphatic hydroxyl groups is 1. The molecule has 17 heavy (non-hydrogen) atoms. The largest absolute Gasteiger partial charge is 0.392 e. The lowest BCUT2D eigenvalue weighted by Gasteiger charge is -2.23. The van der Waals surface area contributed by atoms with Gasteiger partial charge in [-0.25, -0.2) is 0 Å². The number of aliphatic hydroxyl groups excluding tert-OH is 1. The molecule has 0 aromatic carbocycles. The minimum absolute atomic E-state index is 0.153. The Morgan fingerprint density at radius 3 is 2.88 bits per heavy atom. The van der Waals surface area contributed by atoms with Gasteiger partial charge in [0, 0.05) is 25.7 Å². The molecular formula is C14H24N2O. The van der Waals surface area contributed by atoms with Gasteiger partial charge in [-0.15, -0.1) is 0 Å². The Morgan fingerprint density at radius 1 is 1.59 bits per heavy atom. The highest BCUT2D eigenvalue weighted by Gasteiger charge is 2.22. The van der Waals surface area contributed by atoms with Crippen molar-refractivity contribution in [3.8, 4) is 0 Å². The van der Waals surface area contributed by atoms with E-state index in [0.717, 1.165) is 31.6 Å². The van der Waals surface area contributed by atoms with Gasteiger partial charge in [0.05, 0.1) is 6.10 Å². The minimum Gasteiger partial charge on any atom is -0.392 e. The molecular weight excluding hydrogens is 212 g/mol. The first-order valence-corrected chi connectivity index (χ1v) is 6.23. The molecule has 0 aliphatic carbocycles. The summed E-state index contributed by atoms with van der Waals surface area (Å²) in [6.45, 7) is 8.75. The number of hydrogen-bond acceptors (Lipinski definition) is 3. The zero-order valence-corrected chi connectivity index (χ0v) is 10.9. The van der Waals surface area contributed by atoms with E-state index >= 15 is 0 Å². The molecule has 0 radical (unpaired) electrons. The highest BCUT2D eigenvalue weighted by Crippen LogP contribution is 2.11. The zero-order valence-electron chi connectivity index (χ0n) is 10.9. The normalized spacial score (nSPS) is 23.8. The van der Waals surface area contributed by atoms with Gasteiger partial charge in [0.1, 0.15) is 0 Å². The molecule has 3 heteroatoms. The van der Waals surface area contributed by atoms with Crippen molar-refractivity contribution < 1.29 is 5.11 Å². The standard InChI is InChI=1S/C14H24N2O/c1-4-5-6-7-12(2)14(15-3)11-16-9-8-13(17)10-16/h4-7,13-15,17H,2,8-11H2,1,3H3/b5-4-,7-6-/t13-,14-/m1/s1. The van der Waals surface area contributed by atoms with E-state index in [-0.39, 0.29) is 12.1 Å². The van der Waals surface area contributed by atoms with E-state index in [9.17, 15) is 5.11 Å². The monoisotopic (exact) mass is 236 g/mol. The number of nitrogens with zero attached hydrogens (tertiary/aromatic N) is 1. The van der Waals surface area contributed by atoms with Gasteiger partial charge in [0.2, 0.25) is 0 Å². The average molecular weight is 236 g/mol. The number of rotatable bonds is 6. The maximum Gasteiger partial charge on any atom is 0.0679 e. The van der Waals surface area contributed by atoms with Crippen molar-refractivity contribution in [2.45, 2.75) is 25.5 Å². The molecule has 1 aliphatic rings. The second-order valence-electron chi connectivity index (χ2n) is 4.50. The molecule has 1 saturated heterocycles. The molecule has 1 fully saturated rings. The lowest BCUT2D eigenvalue weighted by Crippen LogP contribution is -2.39. The molecule has 0 bridgehead atoms. The first-order chi connectivity index (χ1) is 8.17. The topological polar surface area (TPSA) is 35.5 Å². The lowest BCUT2D eigenvalue weighted by molar-refractivity contribution is 0.174. The molecule has 0 spiro atoms. The van der Waals surface area contributed by atoms with Crippen LogP contribution in [0.5, 0.6) is 0 Å². The lowest BCUT2D eigenvalue weighted by atomic mass is 10.1. The van der Waals surface area contributed by atoms with E-state index in [0.29, 0.717) is 0 Å². The van der Waals surface area contributed by atoms with E-state index in [2.05, 4.69) is 16.8 Å². The second-order valence-corrected chi connectivity index (χ2v) is 4.50. The highest BCUT2D eigenvalue weighted by molar-refractivity contribution is 5.24. The Hall–Kier alpha value is -0.900. The Bertz CT molecular complexity index is 297. The third kappa shape index (κ3) is 4.86. The van der Waals surface area contributed by atoms with Crippen molar-refractivity contribution in [2.24, 2.45) is 0 Å². The van der Waals surface area contributed by atoms with Crippen molar-refractivity contribution in [1.82, 2.24) is 10.2 Å². The fourth-order valence-corrected chi connectivity index (χ4v) is 2.04. The molecule has 0 saturated carbocycles. The Morgan fingerprint density at radius 2 is 2.35 bits per heavy atom. The third-order valence-electron chi connectivity index (χ3n) is 3.10. The van der Waals surface area contributed by atoms with Crippen LogP contribution >= 0.6 is 0 Å². The maximum atomic E-state index is 9.49. The number of likely N-dealkylation sites (N-methyl/N-ethyl adjacent to an activating group) is 1. The van der Waals surface area contributed by atoms with Crippen molar-refractivity contribution in [3.05, 3.63) is 36.5 Å². The predicted octanol–water partition coefficient (Wildman–Crippen LogP) is 1.33. The first kappa shape index (κ1) is 14.2. The van der Waals surface area contributed by atoms with Crippen LogP contribution in [0.25, 0.3) is 0 Å². The number of nitrogens with one attached hydrogen (secondary N) is 1. The summed E-state index contributed by atoms with van der Waals surface area (Å²) in [6.07, 6.45) is 8.77. The van der Waals surface area contributed by atoms with Gasteiger partial charge in [-0.2, -0.15) is 0 Å². The number of likely N-dealkylation sites (tertiary alicyclic amines) is 1. The fourth-order valence-electron chi connectivity index (χ4n) is 2.04. The molecule has 96 valence electrons. The van der Waals surface area contributed by atoms with Crippen LogP contribution in [-0.2, 0) is 0 Å². The van der Waals surface area contributed by atoms with Gasteiger partial charge in [-0.1, -0.05) is 30.9 Å². The number of allylic oxidation sites excluding steroid dienone is 3. The molecule has 0 aromatic heterocycles. The van der Waals surface area contributed by atoms with Gasteiger partial charge in [-0.3, -0.25) is 4.90 Å². The third-order valence-corrected chi connectivity index (χ3v) is 3.10. The highest BCUT2D eigenvalue weighted by atomic mass is 16.3. The van der Waals surface area contributed by atoms with Crippen LogP contribution in [0.4, 0.5) is 0 Å². The first-order valence-electron chi connectivity index (χ1n) is 6.23. The Balaban J connectivity index is 2.44. The van der Waals surface area contributed by atoms with E-state index in [1.54, 1.807) is 0 Å². The summed E-state index contributed by atoms with van der Waals surface area (Å²) in [5.74, 6) is 0. The summed E-state index contributed by atoms with van der Waals surface area (Å²) in [6, 6.07) is 0.252. The molecule has 1 rings (SSSR count). The van der Waals surface area contributed by atoms with Crippen molar-refractivity contribution in [3.63, 3.8) is 0 Å². The minimum atomic E-state index is -0.153. The summed E-state index contributed by atoms with van der Waals surface area (Å²) in [5.41, 5.74) is 1.08. The molecule has 1 heterocycles. The molecule has 0 amide bonds.